The van der Waals surface area contributed by atoms with E-state index in [2.05, 4.69) is 30.1 Å². The molecule has 0 amide bonds. The SMILES string of the molecule is CC(C)NCc1cccc(Cl)c1N1CCC(CCO)C1. The molecule has 0 radical (unpaired) electrons. The maximum atomic E-state index is 9.08. The van der Waals surface area contributed by atoms with Crippen molar-refractivity contribution in [1.82, 2.24) is 5.32 Å². The van der Waals surface area contributed by atoms with Gasteiger partial charge in [0.2, 0.25) is 0 Å². The molecule has 1 aliphatic heterocycles. The summed E-state index contributed by atoms with van der Waals surface area (Å²) in [6.07, 6.45) is 2.03. The van der Waals surface area contributed by atoms with Crippen molar-refractivity contribution in [3.8, 4) is 0 Å². The van der Waals surface area contributed by atoms with Crippen LogP contribution in [-0.4, -0.2) is 30.8 Å². The molecule has 0 saturated carbocycles. The van der Waals surface area contributed by atoms with Crippen LogP contribution in [0.4, 0.5) is 5.69 Å². The van der Waals surface area contributed by atoms with Gasteiger partial charge in [0, 0.05) is 32.3 Å². The van der Waals surface area contributed by atoms with Gasteiger partial charge in [-0.25, -0.2) is 0 Å². The van der Waals surface area contributed by atoms with Crippen molar-refractivity contribution in [2.45, 2.75) is 39.3 Å². The Kier molecular flexibility index (Phi) is 5.70. The highest BCUT2D eigenvalue weighted by atomic mass is 35.5. The molecule has 1 heterocycles. The third kappa shape index (κ3) is 3.87. The van der Waals surface area contributed by atoms with Crippen LogP contribution in [0.2, 0.25) is 5.02 Å². The van der Waals surface area contributed by atoms with Gasteiger partial charge in [0.05, 0.1) is 10.7 Å². The minimum Gasteiger partial charge on any atom is -0.396 e. The monoisotopic (exact) mass is 296 g/mol. The number of hydrogen-bond acceptors (Lipinski definition) is 3. The van der Waals surface area contributed by atoms with Crippen LogP contribution in [-0.2, 0) is 6.54 Å². The van der Waals surface area contributed by atoms with Gasteiger partial charge in [-0.15, -0.1) is 0 Å². The summed E-state index contributed by atoms with van der Waals surface area (Å²) >= 11 is 6.43. The number of nitrogens with zero attached hydrogens (tertiary/aromatic N) is 1. The molecule has 2 N–H and O–H groups in total. The van der Waals surface area contributed by atoms with Gasteiger partial charge >= 0.3 is 0 Å². The number of rotatable bonds is 6. The predicted octanol–water partition coefficient (Wildman–Crippen LogP) is 3.05. The van der Waals surface area contributed by atoms with Crippen molar-refractivity contribution >= 4 is 17.3 Å². The van der Waals surface area contributed by atoms with E-state index in [1.807, 2.05) is 12.1 Å². The van der Waals surface area contributed by atoms with Crippen LogP contribution in [0.3, 0.4) is 0 Å². The molecule has 0 bridgehead atoms. The average molecular weight is 297 g/mol. The smallest absolute Gasteiger partial charge is 0.0642 e. The Morgan fingerprint density at radius 1 is 1.45 bits per heavy atom. The second-order valence-electron chi connectivity index (χ2n) is 5.90. The van der Waals surface area contributed by atoms with Crippen molar-refractivity contribution in [3.63, 3.8) is 0 Å². The van der Waals surface area contributed by atoms with Gasteiger partial charge in [-0.05, 0) is 30.4 Å². The molecule has 20 heavy (non-hydrogen) atoms. The Bertz CT molecular complexity index is 436. The fourth-order valence-corrected chi connectivity index (χ4v) is 3.14. The van der Waals surface area contributed by atoms with Gasteiger partial charge in [-0.3, -0.25) is 0 Å². The number of aliphatic hydroxyl groups is 1. The zero-order chi connectivity index (χ0) is 14.5. The van der Waals surface area contributed by atoms with E-state index in [9.17, 15) is 0 Å². The first-order valence-corrected chi connectivity index (χ1v) is 7.86. The molecule has 2 rings (SSSR count). The normalized spacial score (nSPS) is 19.1. The first kappa shape index (κ1) is 15.6. The van der Waals surface area contributed by atoms with Gasteiger partial charge < -0.3 is 15.3 Å². The summed E-state index contributed by atoms with van der Waals surface area (Å²) in [5.74, 6) is 0.585. The molecular formula is C16H25ClN2O. The van der Waals surface area contributed by atoms with E-state index < -0.39 is 0 Å². The number of benzene rings is 1. The van der Waals surface area contributed by atoms with Crippen LogP contribution in [0.1, 0.15) is 32.3 Å². The highest BCUT2D eigenvalue weighted by molar-refractivity contribution is 6.33. The quantitative estimate of drug-likeness (QED) is 0.847. The number of aliphatic hydroxyl groups excluding tert-OH is 1. The lowest BCUT2D eigenvalue weighted by molar-refractivity contribution is 0.263. The van der Waals surface area contributed by atoms with Gasteiger partial charge in [0.15, 0.2) is 0 Å². The zero-order valence-electron chi connectivity index (χ0n) is 12.4. The van der Waals surface area contributed by atoms with Gasteiger partial charge in [0.25, 0.3) is 0 Å². The molecule has 1 unspecified atom stereocenters. The van der Waals surface area contributed by atoms with Crippen LogP contribution in [0, 0.1) is 5.92 Å². The standard InChI is InChI=1S/C16H25ClN2O/c1-12(2)18-10-14-4-3-5-15(17)16(14)19-8-6-13(11-19)7-9-20/h3-5,12-13,18,20H,6-11H2,1-2H3. The Morgan fingerprint density at radius 2 is 2.25 bits per heavy atom. The van der Waals surface area contributed by atoms with Gasteiger partial charge in [-0.1, -0.05) is 37.6 Å². The van der Waals surface area contributed by atoms with E-state index >= 15 is 0 Å². The summed E-state index contributed by atoms with van der Waals surface area (Å²) in [5.41, 5.74) is 2.43. The van der Waals surface area contributed by atoms with Crippen LogP contribution < -0.4 is 10.2 Å². The van der Waals surface area contributed by atoms with Crippen molar-refractivity contribution in [3.05, 3.63) is 28.8 Å². The lowest BCUT2D eigenvalue weighted by atomic mass is 10.1. The number of halogens is 1. The summed E-state index contributed by atoms with van der Waals surface area (Å²) in [4.78, 5) is 2.38. The summed E-state index contributed by atoms with van der Waals surface area (Å²) in [7, 11) is 0. The van der Waals surface area contributed by atoms with E-state index in [0.717, 1.165) is 37.5 Å². The van der Waals surface area contributed by atoms with E-state index in [4.69, 9.17) is 16.7 Å². The molecule has 112 valence electrons. The molecule has 1 atom stereocenters. The molecule has 1 aromatic carbocycles. The molecule has 1 fully saturated rings. The molecule has 1 saturated heterocycles. The summed E-state index contributed by atoms with van der Waals surface area (Å²) in [6, 6.07) is 6.60. The third-order valence-corrected chi connectivity index (χ3v) is 4.22. The number of anilines is 1. The van der Waals surface area contributed by atoms with Crippen LogP contribution >= 0.6 is 11.6 Å². The predicted molar refractivity (Wildman–Crippen MR) is 85.5 cm³/mol. The lowest BCUT2D eigenvalue weighted by Gasteiger charge is -2.24. The number of para-hydroxylation sites is 1. The fraction of sp³-hybridized carbons (Fsp3) is 0.625. The summed E-state index contributed by atoms with van der Waals surface area (Å²) < 4.78 is 0. The molecule has 0 spiro atoms. The van der Waals surface area contributed by atoms with E-state index in [1.165, 1.54) is 11.3 Å². The van der Waals surface area contributed by atoms with Crippen molar-refractivity contribution < 1.29 is 5.11 Å². The van der Waals surface area contributed by atoms with E-state index in [0.29, 0.717) is 12.0 Å². The summed E-state index contributed by atoms with van der Waals surface area (Å²) in [5, 5.41) is 13.4. The molecule has 1 aromatic rings. The number of nitrogens with one attached hydrogen (secondary N) is 1. The van der Waals surface area contributed by atoms with Crippen molar-refractivity contribution in [2.24, 2.45) is 5.92 Å². The topological polar surface area (TPSA) is 35.5 Å². The molecule has 3 nitrogen and oxygen atoms in total. The maximum absolute atomic E-state index is 9.08. The van der Waals surface area contributed by atoms with Gasteiger partial charge in [-0.2, -0.15) is 0 Å². The van der Waals surface area contributed by atoms with Crippen LogP contribution in [0.5, 0.6) is 0 Å². The first-order valence-electron chi connectivity index (χ1n) is 7.48. The van der Waals surface area contributed by atoms with Gasteiger partial charge in [0.1, 0.15) is 0 Å². The molecular weight excluding hydrogens is 272 g/mol. The summed E-state index contributed by atoms with van der Waals surface area (Å²) in [6.45, 7) is 7.45. The van der Waals surface area contributed by atoms with E-state index in [1.54, 1.807) is 0 Å². The van der Waals surface area contributed by atoms with Crippen LogP contribution in [0.25, 0.3) is 0 Å². The molecule has 1 aliphatic rings. The first-order chi connectivity index (χ1) is 9.61. The van der Waals surface area contributed by atoms with Crippen molar-refractivity contribution in [1.29, 1.82) is 0 Å². The fourth-order valence-electron chi connectivity index (χ4n) is 2.82. The molecule has 0 aliphatic carbocycles. The second kappa shape index (κ2) is 7.30. The highest BCUT2D eigenvalue weighted by Gasteiger charge is 2.25. The van der Waals surface area contributed by atoms with Crippen LogP contribution in [0.15, 0.2) is 18.2 Å². The zero-order valence-corrected chi connectivity index (χ0v) is 13.2. The Hall–Kier alpha value is -0.770. The Balaban J connectivity index is 2.13. The highest BCUT2D eigenvalue weighted by Crippen LogP contribution is 2.34. The minimum atomic E-state index is 0.281. The van der Waals surface area contributed by atoms with E-state index in [-0.39, 0.29) is 6.61 Å². The van der Waals surface area contributed by atoms with Crippen molar-refractivity contribution in [2.75, 3.05) is 24.6 Å². The molecule has 4 heteroatoms. The maximum Gasteiger partial charge on any atom is 0.0642 e. The largest absolute Gasteiger partial charge is 0.396 e. The second-order valence-corrected chi connectivity index (χ2v) is 6.30. The third-order valence-electron chi connectivity index (χ3n) is 3.91. The Labute approximate surface area is 126 Å². The average Bonchev–Trinajstić information content (AvgIpc) is 2.85. The minimum absolute atomic E-state index is 0.281. The lowest BCUT2D eigenvalue weighted by Crippen LogP contribution is -2.26. The number of hydrogen-bond donors (Lipinski definition) is 2. The Morgan fingerprint density at radius 3 is 2.95 bits per heavy atom. The molecule has 0 aromatic heterocycles.